The monoisotopic (exact) mass is 410 g/mol. The number of nitrogens with zero attached hydrogens (tertiary/aromatic N) is 1. The van der Waals surface area contributed by atoms with Crippen molar-refractivity contribution in [3.05, 3.63) is 29.8 Å². The van der Waals surface area contributed by atoms with Gasteiger partial charge in [0.15, 0.2) is 0 Å². The Labute approximate surface area is 165 Å². The fourth-order valence-corrected chi connectivity index (χ4v) is 4.60. The average molecular weight is 410 g/mol. The van der Waals surface area contributed by atoms with Crippen molar-refractivity contribution in [3.63, 3.8) is 0 Å². The molecule has 2 saturated heterocycles. The molecule has 1 aromatic carbocycles. The molecule has 0 aromatic heterocycles. The molecule has 2 aliphatic heterocycles. The second-order valence-corrected chi connectivity index (χ2v) is 8.87. The molecule has 8 nitrogen and oxygen atoms in total. The van der Waals surface area contributed by atoms with E-state index in [-0.39, 0.29) is 35.3 Å². The first kappa shape index (κ1) is 20.8. The number of carbonyl (C=O) groups is 2. The van der Waals surface area contributed by atoms with E-state index in [0.29, 0.717) is 38.1 Å². The van der Waals surface area contributed by atoms with Crippen LogP contribution in [-0.2, 0) is 24.3 Å². The van der Waals surface area contributed by atoms with Crippen LogP contribution in [0.5, 0.6) is 0 Å². The fraction of sp³-hybridized carbons (Fsp3) is 0.579. The molecule has 1 amide bonds. The van der Waals surface area contributed by atoms with Gasteiger partial charge in [0.05, 0.1) is 24.0 Å². The van der Waals surface area contributed by atoms with Crippen molar-refractivity contribution in [3.8, 4) is 0 Å². The van der Waals surface area contributed by atoms with Gasteiger partial charge in [0.25, 0.3) is 5.91 Å². The summed E-state index contributed by atoms with van der Waals surface area (Å²) in [5.74, 6) is -0.576. The van der Waals surface area contributed by atoms with E-state index >= 15 is 0 Å². The largest absolute Gasteiger partial charge is 0.469 e. The molecule has 0 radical (unpaired) electrons. The molecule has 0 unspecified atom stereocenters. The summed E-state index contributed by atoms with van der Waals surface area (Å²) >= 11 is 0. The zero-order valence-corrected chi connectivity index (χ0v) is 16.7. The van der Waals surface area contributed by atoms with Crippen LogP contribution in [0.2, 0.25) is 0 Å². The van der Waals surface area contributed by atoms with E-state index in [2.05, 4.69) is 4.72 Å². The van der Waals surface area contributed by atoms with Gasteiger partial charge in [-0.25, -0.2) is 13.1 Å². The maximum Gasteiger partial charge on any atom is 0.308 e. The van der Waals surface area contributed by atoms with Gasteiger partial charge in [0.1, 0.15) is 0 Å². The molecule has 28 heavy (non-hydrogen) atoms. The molecule has 2 heterocycles. The third-order valence-corrected chi connectivity index (χ3v) is 6.69. The molecule has 0 saturated carbocycles. The number of sulfonamides is 1. The summed E-state index contributed by atoms with van der Waals surface area (Å²) in [5, 5.41) is 0. The SMILES string of the molecule is COC(=O)C1CCN(C(=O)c2ccc(S(=O)(=O)NC[C@H]3CCCO3)cc2)CC1. The lowest BCUT2D eigenvalue weighted by molar-refractivity contribution is -0.146. The minimum atomic E-state index is -3.64. The number of carbonyl (C=O) groups excluding carboxylic acids is 2. The Morgan fingerprint density at radius 1 is 1.18 bits per heavy atom. The Hall–Kier alpha value is -1.97. The number of benzene rings is 1. The van der Waals surface area contributed by atoms with Crippen LogP contribution in [0.15, 0.2) is 29.2 Å². The number of hydrogen-bond donors (Lipinski definition) is 1. The Balaban J connectivity index is 1.57. The van der Waals surface area contributed by atoms with Crippen LogP contribution in [0.3, 0.4) is 0 Å². The zero-order valence-electron chi connectivity index (χ0n) is 15.9. The average Bonchev–Trinajstić information content (AvgIpc) is 3.25. The molecule has 0 spiro atoms. The molecule has 154 valence electrons. The van der Waals surface area contributed by atoms with E-state index in [9.17, 15) is 18.0 Å². The van der Waals surface area contributed by atoms with E-state index in [1.54, 1.807) is 4.90 Å². The van der Waals surface area contributed by atoms with Gasteiger partial charge in [-0.2, -0.15) is 0 Å². The number of likely N-dealkylation sites (tertiary alicyclic amines) is 1. The second kappa shape index (κ2) is 9.02. The number of nitrogens with one attached hydrogen (secondary N) is 1. The Bertz CT molecular complexity index is 794. The van der Waals surface area contributed by atoms with Crippen LogP contribution >= 0.6 is 0 Å². The van der Waals surface area contributed by atoms with Crippen LogP contribution in [0, 0.1) is 5.92 Å². The molecule has 1 atom stereocenters. The number of amides is 1. The van der Waals surface area contributed by atoms with E-state index in [1.165, 1.54) is 31.4 Å². The van der Waals surface area contributed by atoms with Crippen LogP contribution in [-0.4, -0.2) is 64.6 Å². The predicted octanol–water partition coefficient (Wildman–Crippen LogP) is 1.17. The van der Waals surface area contributed by atoms with Crippen LogP contribution in [0.25, 0.3) is 0 Å². The highest BCUT2D eigenvalue weighted by atomic mass is 32.2. The highest BCUT2D eigenvalue weighted by Gasteiger charge is 2.28. The molecular weight excluding hydrogens is 384 g/mol. The van der Waals surface area contributed by atoms with Crippen molar-refractivity contribution in [2.75, 3.05) is 33.4 Å². The third-order valence-electron chi connectivity index (χ3n) is 5.25. The van der Waals surface area contributed by atoms with E-state index in [0.717, 1.165) is 12.8 Å². The van der Waals surface area contributed by atoms with E-state index < -0.39 is 10.0 Å². The molecule has 2 aliphatic rings. The van der Waals surface area contributed by atoms with Gasteiger partial charge >= 0.3 is 5.97 Å². The summed E-state index contributed by atoms with van der Waals surface area (Å²) in [6.45, 7) is 1.86. The van der Waals surface area contributed by atoms with Crippen molar-refractivity contribution in [2.24, 2.45) is 5.92 Å². The van der Waals surface area contributed by atoms with Gasteiger partial charge in [-0.3, -0.25) is 9.59 Å². The molecule has 1 aromatic rings. The van der Waals surface area contributed by atoms with Crippen molar-refractivity contribution in [1.29, 1.82) is 0 Å². The lowest BCUT2D eigenvalue weighted by Crippen LogP contribution is -2.40. The molecule has 2 fully saturated rings. The summed E-state index contributed by atoms with van der Waals surface area (Å²) in [6, 6.07) is 5.92. The molecule has 3 rings (SSSR count). The Morgan fingerprint density at radius 2 is 1.86 bits per heavy atom. The maximum absolute atomic E-state index is 12.6. The number of methoxy groups -OCH3 is 1. The Kier molecular flexibility index (Phi) is 6.69. The molecule has 0 aliphatic carbocycles. The second-order valence-electron chi connectivity index (χ2n) is 7.10. The van der Waals surface area contributed by atoms with Crippen molar-refractivity contribution < 1.29 is 27.5 Å². The number of rotatable bonds is 6. The summed E-state index contributed by atoms with van der Waals surface area (Å²) < 4.78 is 37.5. The topological polar surface area (TPSA) is 102 Å². The van der Waals surface area contributed by atoms with Crippen molar-refractivity contribution >= 4 is 21.9 Å². The first-order valence-electron chi connectivity index (χ1n) is 9.49. The smallest absolute Gasteiger partial charge is 0.308 e. The van der Waals surface area contributed by atoms with Crippen molar-refractivity contribution in [1.82, 2.24) is 9.62 Å². The zero-order chi connectivity index (χ0) is 20.1. The first-order chi connectivity index (χ1) is 13.4. The number of piperidine rings is 1. The lowest BCUT2D eigenvalue weighted by Gasteiger charge is -2.30. The van der Waals surface area contributed by atoms with E-state index in [1.807, 2.05) is 0 Å². The predicted molar refractivity (Wildman–Crippen MR) is 101 cm³/mol. The van der Waals surface area contributed by atoms with Gasteiger partial charge in [0, 0.05) is 31.8 Å². The quantitative estimate of drug-likeness (QED) is 0.707. The van der Waals surface area contributed by atoms with Crippen LogP contribution in [0.4, 0.5) is 0 Å². The number of ether oxygens (including phenoxy) is 2. The highest BCUT2D eigenvalue weighted by Crippen LogP contribution is 2.21. The minimum Gasteiger partial charge on any atom is -0.469 e. The van der Waals surface area contributed by atoms with Gasteiger partial charge in [-0.15, -0.1) is 0 Å². The molecular formula is C19H26N2O6S. The van der Waals surface area contributed by atoms with E-state index in [4.69, 9.17) is 9.47 Å². The molecule has 1 N–H and O–H groups in total. The maximum atomic E-state index is 12.6. The molecule has 0 bridgehead atoms. The Morgan fingerprint density at radius 3 is 2.43 bits per heavy atom. The fourth-order valence-electron chi connectivity index (χ4n) is 3.54. The normalized spacial score (nSPS) is 20.9. The first-order valence-corrected chi connectivity index (χ1v) is 11.0. The van der Waals surface area contributed by atoms with Gasteiger partial charge in [-0.1, -0.05) is 0 Å². The number of hydrogen-bond acceptors (Lipinski definition) is 6. The summed E-state index contributed by atoms with van der Waals surface area (Å²) in [4.78, 5) is 26.0. The van der Waals surface area contributed by atoms with Crippen LogP contribution in [0.1, 0.15) is 36.0 Å². The highest BCUT2D eigenvalue weighted by molar-refractivity contribution is 7.89. The summed E-state index contributed by atoms with van der Waals surface area (Å²) in [5.41, 5.74) is 0.426. The minimum absolute atomic E-state index is 0.0801. The summed E-state index contributed by atoms with van der Waals surface area (Å²) in [6.07, 6.45) is 2.85. The van der Waals surface area contributed by atoms with Crippen molar-refractivity contribution in [2.45, 2.75) is 36.7 Å². The van der Waals surface area contributed by atoms with Gasteiger partial charge < -0.3 is 14.4 Å². The van der Waals surface area contributed by atoms with Gasteiger partial charge in [0.2, 0.25) is 10.0 Å². The lowest BCUT2D eigenvalue weighted by atomic mass is 9.96. The number of esters is 1. The third kappa shape index (κ3) is 4.89. The molecule has 9 heteroatoms. The summed E-state index contributed by atoms with van der Waals surface area (Å²) in [7, 11) is -2.27. The standard InChI is InChI=1S/C19H26N2O6S/c1-26-19(23)15-8-10-21(11-9-15)18(22)14-4-6-17(7-5-14)28(24,25)20-13-16-3-2-12-27-16/h4-7,15-16,20H,2-3,8-13H2,1H3/t16-/m1/s1. The van der Waals surface area contributed by atoms with Gasteiger partial charge in [-0.05, 0) is 49.9 Å². The van der Waals surface area contributed by atoms with Crippen LogP contribution < -0.4 is 4.72 Å².